The number of hydrogen-bond acceptors (Lipinski definition) is 2. The lowest BCUT2D eigenvalue weighted by atomic mass is 9.76. The van der Waals surface area contributed by atoms with E-state index in [1.165, 1.54) is 32.1 Å². The third kappa shape index (κ3) is 2.57. The first-order valence-electron chi connectivity index (χ1n) is 9.38. The number of rotatable bonds is 2. The van der Waals surface area contributed by atoms with Gasteiger partial charge >= 0.3 is 0 Å². The van der Waals surface area contributed by atoms with Gasteiger partial charge in [-0.2, -0.15) is 0 Å². The fourth-order valence-electron chi connectivity index (χ4n) is 7.00. The maximum atomic E-state index is 4.13. The first-order valence-corrected chi connectivity index (χ1v) is 9.38. The minimum Gasteiger partial charge on any atom is -0.311 e. The second kappa shape index (κ2) is 4.71. The Balaban J connectivity index is 1.43. The zero-order valence-electron chi connectivity index (χ0n) is 14.4. The molecule has 120 valence electrons. The molecule has 0 aromatic heterocycles. The molecule has 0 aromatic rings. The van der Waals surface area contributed by atoms with Gasteiger partial charge in [-0.1, -0.05) is 6.42 Å². The van der Waals surface area contributed by atoms with Crippen molar-refractivity contribution in [2.45, 2.75) is 95.8 Å². The molecule has 2 N–H and O–H groups in total. The van der Waals surface area contributed by atoms with Gasteiger partial charge in [-0.3, -0.25) is 0 Å². The highest BCUT2D eigenvalue weighted by atomic mass is 15.1. The van der Waals surface area contributed by atoms with Gasteiger partial charge in [0.05, 0.1) is 0 Å². The van der Waals surface area contributed by atoms with Gasteiger partial charge in [-0.25, -0.2) is 0 Å². The van der Waals surface area contributed by atoms with E-state index < -0.39 is 0 Å². The summed E-state index contributed by atoms with van der Waals surface area (Å²) < 4.78 is 0. The summed E-state index contributed by atoms with van der Waals surface area (Å²) in [6.45, 7) is 9.49. The van der Waals surface area contributed by atoms with Gasteiger partial charge in [-0.15, -0.1) is 0 Å². The Morgan fingerprint density at radius 3 is 2.24 bits per heavy atom. The molecule has 21 heavy (non-hydrogen) atoms. The molecule has 3 saturated carbocycles. The number of nitrogens with one attached hydrogen (secondary N) is 2. The Kier molecular flexibility index (Phi) is 3.25. The summed E-state index contributed by atoms with van der Waals surface area (Å²) in [7, 11) is 0. The molecule has 2 heteroatoms. The van der Waals surface area contributed by atoms with Crippen LogP contribution in [0.2, 0.25) is 0 Å². The van der Waals surface area contributed by atoms with Crippen LogP contribution in [0.3, 0.4) is 0 Å². The molecule has 4 aliphatic rings. The van der Waals surface area contributed by atoms with E-state index in [4.69, 9.17) is 0 Å². The Hall–Kier alpha value is -0.0800. The van der Waals surface area contributed by atoms with Crippen LogP contribution < -0.4 is 10.6 Å². The standard InChI is InChI=1S/C19H34N2/c1-18(2)10-13(11-19(3,4)21-18)20-17-9-12-8-16(17)15-7-5-6-14(12)15/h12-17,20-21H,5-11H2,1-4H3. The summed E-state index contributed by atoms with van der Waals surface area (Å²) in [5, 5.41) is 7.95. The molecular weight excluding hydrogens is 256 g/mol. The van der Waals surface area contributed by atoms with Crippen molar-refractivity contribution < 1.29 is 0 Å². The van der Waals surface area contributed by atoms with Crippen molar-refractivity contribution in [1.82, 2.24) is 10.6 Å². The molecule has 4 rings (SSSR count). The average Bonchev–Trinajstić information content (AvgIpc) is 2.93. The van der Waals surface area contributed by atoms with E-state index in [9.17, 15) is 0 Å². The quantitative estimate of drug-likeness (QED) is 0.810. The first kappa shape index (κ1) is 14.5. The van der Waals surface area contributed by atoms with Crippen molar-refractivity contribution >= 4 is 0 Å². The smallest absolute Gasteiger partial charge is 0.0144 e. The Bertz CT molecular complexity index is 398. The van der Waals surface area contributed by atoms with Gasteiger partial charge in [0.2, 0.25) is 0 Å². The second-order valence-corrected chi connectivity index (χ2v) is 9.93. The van der Waals surface area contributed by atoms with E-state index in [-0.39, 0.29) is 11.1 Å². The third-order valence-corrected chi connectivity index (χ3v) is 7.07. The Morgan fingerprint density at radius 2 is 1.52 bits per heavy atom. The van der Waals surface area contributed by atoms with Gasteiger partial charge in [0.1, 0.15) is 0 Å². The number of hydrogen-bond donors (Lipinski definition) is 2. The highest BCUT2D eigenvalue weighted by Crippen LogP contribution is 2.58. The molecule has 1 saturated heterocycles. The molecule has 2 nitrogen and oxygen atoms in total. The molecule has 0 spiro atoms. The van der Waals surface area contributed by atoms with Crippen LogP contribution in [0, 0.1) is 23.7 Å². The summed E-state index contributed by atoms with van der Waals surface area (Å²) >= 11 is 0. The molecule has 5 atom stereocenters. The predicted molar refractivity (Wildman–Crippen MR) is 88.3 cm³/mol. The normalized spacial score (nSPS) is 47.7. The zero-order chi connectivity index (χ0) is 14.8. The molecule has 1 heterocycles. The maximum absolute atomic E-state index is 4.13. The van der Waals surface area contributed by atoms with E-state index in [2.05, 4.69) is 38.3 Å². The van der Waals surface area contributed by atoms with E-state index in [0.717, 1.165) is 29.7 Å². The second-order valence-electron chi connectivity index (χ2n) is 9.93. The molecule has 0 aromatic carbocycles. The fourth-order valence-corrected chi connectivity index (χ4v) is 7.00. The van der Waals surface area contributed by atoms with Gasteiger partial charge in [-0.05, 0) is 89.9 Å². The highest BCUT2D eigenvalue weighted by molar-refractivity contribution is 5.08. The maximum Gasteiger partial charge on any atom is 0.0144 e. The van der Waals surface area contributed by atoms with Gasteiger partial charge in [0.25, 0.3) is 0 Å². The van der Waals surface area contributed by atoms with E-state index >= 15 is 0 Å². The lowest BCUT2D eigenvalue weighted by molar-refractivity contribution is 0.120. The van der Waals surface area contributed by atoms with Crippen LogP contribution in [0.15, 0.2) is 0 Å². The third-order valence-electron chi connectivity index (χ3n) is 7.07. The van der Waals surface area contributed by atoms with Crippen LogP contribution in [0.5, 0.6) is 0 Å². The minimum atomic E-state index is 0.271. The highest BCUT2D eigenvalue weighted by Gasteiger charge is 2.54. The van der Waals surface area contributed by atoms with Crippen molar-refractivity contribution in [2.75, 3.05) is 0 Å². The molecule has 2 bridgehead atoms. The molecule has 1 aliphatic heterocycles. The number of piperidine rings is 1. The molecule has 3 aliphatic carbocycles. The zero-order valence-corrected chi connectivity index (χ0v) is 14.4. The van der Waals surface area contributed by atoms with E-state index in [1.54, 1.807) is 12.8 Å². The van der Waals surface area contributed by atoms with Gasteiger partial charge in [0, 0.05) is 23.2 Å². The van der Waals surface area contributed by atoms with Crippen molar-refractivity contribution in [2.24, 2.45) is 23.7 Å². The molecule has 0 radical (unpaired) electrons. The molecular formula is C19H34N2. The predicted octanol–water partition coefficient (Wildman–Crippen LogP) is 3.71. The Morgan fingerprint density at radius 1 is 0.857 bits per heavy atom. The minimum absolute atomic E-state index is 0.271. The van der Waals surface area contributed by atoms with Gasteiger partial charge in [0.15, 0.2) is 0 Å². The summed E-state index contributed by atoms with van der Waals surface area (Å²) in [6.07, 6.45) is 10.2. The summed E-state index contributed by atoms with van der Waals surface area (Å²) in [5.41, 5.74) is 0.542. The first-order chi connectivity index (χ1) is 9.83. The van der Waals surface area contributed by atoms with Crippen LogP contribution in [0.1, 0.15) is 72.6 Å². The molecule has 5 unspecified atom stereocenters. The van der Waals surface area contributed by atoms with Crippen molar-refractivity contribution in [1.29, 1.82) is 0 Å². The largest absolute Gasteiger partial charge is 0.311 e. The Labute approximate surface area is 130 Å². The topological polar surface area (TPSA) is 24.1 Å². The van der Waals surface area contributed by atoms with Crippen molar-refractivity contribution in [3.8, 4) is 0 Å². The molecule has 0 amide bonds. The van der Waals surface area contributed by atoms with Gasteiger partial charge < -0.3 is 10.6 Å². The van der Waals surface area contributed by atoms with Crippen LogP contribution in [0.25, 0.3) is 0 Å². The summed E-state index contributed by atoms with van der Waals surface area (Å²) in [4.78, 5) is 0. The SMILES string of the molecule is CC1(C)CC(NC2CC3CC2C2CCCC32)CC(C)(C)N1. The van der Waals surface area contributed by atoms with E-state index in [1.807, 2.05) is 0 Å². The molecule has 4 fully saturated rings. The van der Waals surface area contributed by atoms with Crippen LogP contribution in [-0.2, 0) is 0 Å². The number of fused-ring (bicyclic) bond motifs is 5. The van der Waals surface area contributed by atoms with Crippen LogP contribution >= 0.6 is 0 Å². The van der Waals surface area contributed by atoms with Crippen LogP contribution in [-0.4, -0.2) is 23.2 Å². The monoisotopic (exact) mass is 290 g/mol. The lowest BCUT2D eigenvalue weighted by Gasteiger charge is -2.48. The van der Waals surface area contributed by atoms with E-state index in [0.29, 0.717) is 6.04 Å². The summed E-state index contributed by atoms with van der Waals surface area (Å²) in [5.74, 6) is 4.30. The average molecular weight is 290 g/mol. The van der Waals surface area contributed by atoms with Crippen molar-refractivity contribution in [3.63, 3.8) is 0 Å². The van der Waals surface area contributed by atoms with Crippen molar-refractivity contribution in [3.05, 3.63) is 0 Å². The summed E-state index contributed by atoms with van der Waals surface area (Å²) in [6, 6.07) is 1.55. The lowest BCUT2D eigenvalue weighted by Crippen LogP contribution is -2.63. The fraction of sp³-hybridized carbons (Fsp3) is 1.00. The van der Waals surface area contributed by atoms with Crippen LogP contribution in [0.4, 0.5) is 0 Å².